The molecule has 0 spiro atoms. The molecule has 3 heteroatoms. The quantitative estimate of drug-likeness (QED) is 0.942. The van der Waals surface area contributed by atoms with E-state index in [2.05, 4.69) is 61.2 Å². The molecule has 2 N–H and O–H groups in total. The van der Waals surface area contributed by atoms with E-state index in [1.165, 1.54) is 16.3 Å². The van der Waals surface area contributed by atoms with Crippen molar-refractivity contribution < 1.29 is 4.74 Å². The van der Waals surface area contributed by atoms with Gasteiger partial charge in [0.1, 0.15) is 0 Å². The van der Waals surface area contributed by atoms with E-state index in [0.717, 1.165) is 19.7 Å². The van der Waals surface area contributed by atoms with Crippen molar-refractivity contribution >= 4 is 10.8 Å². The molecule has 0 radical (unpaired) electrons. The lowest BCUT2D eigenvalue weighted by Crippen LogP contribution is -2.49. The molecule has 3 rings (SSSR count). The van der Waals surface area contributed by atoms with Crippen LogP contribution in [0.15, 0.2) is 42.5 Å². The molecule has 1 aliphatic rings. The van der Waals surface area contributed by atoms with Gasteiger partial charge >= 0.3 is 0 Å². The number of rotatable bonds is 3. The summed E-state index contributed by atoms with van der Waals surface area (Å²) in [5.74, 6) is 0. The maximum atomic E-state index is 6.44. The Morgan fingerprint density at radius 2 is 1.95 bits per heavy atom. The normalized spacial score (nSPS) is 25.1. The lowest BCUT2D eigenvalue weighted by atomic mass is 10.0. The maximum Gasteiger partial charge on any atom is 0.0674 e. The third kappa shape index (κ3) is 3.26. The molecule has 21 heavy (non-hydrogen) atoms. The van der Waals surface area contributed by atoms with Gasteiger partial charge in [0.2, 0.25) is 0 Å². The minimum absolute atomic E-state index is 0.0438. The molecule has 112 valence electrons. The van der Waals surface area contributed by atoms with Crippen LogP contribution in [-0.4, -0.2) is 36.7 Å². The summed E-state index contributed by atoms with van der Waals surface area (Å²) in [6.45, 7) is 6.97. The largest absolute Gasteiger partial charge is 0.376 e. The Morgan fingerprint density at radius 1 is 1.19 bits per heavy atom. The Morgan fingerprint density at radius 3 is 2.76 bits per heavy atom. The van der Waals surface area contributed by atoms with Gasteiger partial charge in [-0.15, -0.1) is 0 Å². The lowest BCUT2D eigenvalue weighted by Gasteiger charge is -2.38. The summed E-state index contributed by atoms with van der Waals surface area (Å²) < 4.78 is 5.68. The average Bonchev–Trinajstić information content (AvgIpc) is 2.50. The monoisotopic (exact) mass is 284 g/mol. The van der Waals surface area contributed by atoms with Crippen LogP contribution < -0.4 is 5.73 Å². The fraction of sp³-hybridized carbons (Fsp3) is 0.444. The molecule has 3 unspecified atom stereocenters. The molecule has 3 nitrogen and oxygen atoms in total. The van der Waals surface area contributed by atoms with Gasteiger partial charge in [-0.05, 0) is 36.2 Å². The highest BCUT2D eigenvalue weighted by atomic mass is 16.5. The standard InChI is InChI=1S/C18H24N2O/c1-13-12-21-14(2)10-20(13)11-18(19)17-8-7-15-5-3-4-6-16(15)9-17/h3-9,13-14,18H,10-12,19H2,1-2H3. The lowest BCUT2D eigenvalue weighted by molar-refractivity contribution is -0.0510. The number of ether oxygens (including phenoxy) is 1. The van der Waals surface area contributed by atoms with Crippen molar-refractivity contribution in [3.8, 4) is 0 Å². The summed E-state index contributed by atoms with van der Waals surface area (Å²) in [7, 11) is 0. The third-order valence-electron chi connectivity index (χ3n) is 4.37. The topological polar surface area (TPSA) is 38.5 Å². The molecule has 1 saturated heterocycles. The van der Waals surface area contributed by atoms with Gasteiger partial charge in [0.25, 0.3) is 0 Å². The summed E-state index contributed by atoms with van der Waals surface area (Å²) in [5, 5.41) is 2.52. The number of hydrogen-bond acceptors (Lipinski definition) is 3. The summed E-state index contributed by atoms with van der Waals surface area (Å²) in [4.78, 5) is 2.44. The van der Waals surface area contributed by atoms with Gasteiger partial charge in [-0.3, -0.25) is 4.90 Å². The van der Waals surface area contributed by atoms with Gasteiger partial charge in [0, 0.05) is 25.2 Å². The second kappa shape index (κ2) is 6.14. The molecule has 3 atom stereocenters. The fourth-order valence-corrected chi connectivity index (χ4v) is 3.02. The zero-order valence-electron chi connectivity index (χ0n) is 12.8. The van der Waals surface area contributed by atoms with Crippen molar-refractivity contribution in [2.45, 2.75) is 32.0 Å². The van der Waals surface area contributed by atoms with Crippen LogP contribution in [0.4, 0.5) is 0 Å². The van der Waals surface area contributed by atoms with Crippen LogP contribution in [0.3, 0.4) is 0 Å². The van der Waals surface area contributed by atoms with E-state index in [9.17, 15) is 0 Å². The Kier molecular flexibility index (Phi) is 4.24. The number of hydrogen-bond donors (Lipinski definition) is 1. The molecule has 1 fully saturated rings. The molecule has 1 heterocycles. The van der Waals surface area contributed by atoms with E-state index >= 15 is 0 Å². The van der Waals surface area contributed by atoms with Gasteiger partial charge in [0.05, 0.1) is 12.7 Å². The zero-order valence-corrected chi connectivity index (χ0v) is 12.8. The molecular formula is C18H24N2O. The van der Waals surface area contributed by atoms with Crippen LogP contribution in [0.1, 0.15) is 25.5 Å². The Hall–Kier alpha value is -1.42. The van der Waals surface area contributed by atoms with Crippen LogP contribution >= 0.6 is 0 Å². The molecule has 1 aliphatic heterocycles. The summed E-state index contributed by atoms with van der Waals surface area (Å²) in [6.07, 6.45) is 0.296. The first-order valence-electron chi connectivity index (χ1n) is 7.73. The van der Waals surface area contributed by atoms with Crippen molar-refractivity contribution in [2.24, 2.45) is 5.73 Å². The van der Waals surface area contributed by atoms with Gasteiger partial charge in [-0.2, -0.15) is 0 Å². The first kappa shape index (κ1) is 14.5. The van der Waals surface area contributed by atoms with Gasteiger partial charge in [-0.1, -0.05) is 36.4 Å². The molecule has 2 aromatic carbocycles. The summed E-state index contributed by atoms with van der Waals surface area (Å²) in [6, 6.07) is 15.4. The maximum absolute atomic E-state index is 6.44. The van der Waals surface area contributed by atoms with Crippen molar-refractivity contribution in [1.29, 1.82) is 0 Å². The second-order valence-electron chi connectivity index (χ2n) is 6.16. The number of nitrogens with two attached hydrogens (primary N) is 1. The molecule has 0 amide bonds. The number of nitrogens with zero attached hydrogens (tertiary/aromatic N) is 1. The number of morpholine rings is 1. The molecule has 2 aromatic rings. The Balaban J connectivity index is 1.75. The molecule has 0 aromatic heterocycles. The van der Waals surface area contributed by atoms with Crippen molar-refractivity contribution in [3.63, 3.8) is 0 Å². The second-order valence-corrected chi connectivity index (χ2v) is 6.16. The first-order valence-corrected chi connectivity index (χ1v) is 7.73. The van der Waals surface area contributed by atoms with Crippen LogP contribution in [0.25, 0.3) is 10.8 Å². The van der Waals surface area contributed by atoms with E-state index in [0.29, 0.717) is 12.1 Å². The van der Waals surface area contributed by atoms with E-state index in [1.807, 2.05) is 0 Å². The molecule has 0 aliphatic carbocycles. The van der Waals surface area contributed by atoms with Crippen LogP contribution in [0, 0.1) is 0 Å². The van der Waals surface area contributed by atoms with Gasteiger partial charge in [-0.25, -0.2) is 0 Å². The third-order valence-corrected chi connectivity index (χ3v) is 4.37. The fourth-order valence-electron chi connectivity index (χ4n) is 3.02. The Bertz CT molecular complexity index is 613. The van der Waals surface area contributed by atoms with Crippen LogP contribution in [0.2, 0.25) is 0 Å². The first-order chi connectivity index (χ1) is 10.1. The highest BCUT2D eigenvalue weighted by molar-refractivity contribution is 5.83. The van der Waals surface area contributed by atoms with Crippen LogP contribution in [0.5, 0.6) is 0 Å². The highest BCUT2D eigenvalue weighted by Gasteiger charge is 2.25. The summed E-state index contributed by atoms with van der Waals surface area (Å²) >= 11 is 0. The predicted molar refractivity (Wildman–Crippen MR) is 87.3 cm³/mol. The van der Waals surface area contributed by atoms with Gasteiger partial charge < -0.3 is 10.5 Å². The van der Waals surface area contributed by atoms with E-state index in [1.54, 1.807) is 0 Å². The van der Waals surface area contributed by atoms with Crippen LogP contribution in [-0.2, 0) is 4.74 Å². The SMILES string of the molecule is CC1CN(CC(N)c2ccc3ccccc3c2)C(C)CO1. The average molecular weight is 284 g/mol. The molecular weight excluding hydrogens is 260 g/mol. The van der Waals surface area contributed by atoms with Crippen molar-refractivity contribution in [1.82, 2.24) is 4.90 Å². The smallest absolute Gasteiger partial charge is 0.0674 e. The van der Waals surface area contributed by atoms with Crippen molar-refractivity contribution in [3.05, 3.63) is 48.0 Å². The van der Waals surface area contributed by atoms with Crippen molar-refractivity contribution in [2.75, 3.05) is 19.7 Å². The number of fused-ring (bicyclic) bond motifs is 1. The highest BCUT2D eigenvalue weighted by Crippen LogP contribution is 2.21. The Labute approximate surface area is 126 Å². The number of benzene rings is 2. The molecule has 0 bridgehead atoms. The van der Waals surface area contributed by atoms with E-state index in [-0.39, 0.29) is 6.04 Å². The zero-order chi connectivity index (χ0) is 14.8. The minimum Gasteiger partial charge on any atom is -0.376 e. The van der Waals surface area contributed by atoms with Gasteiger partial charge in [0.15, 0.2) is 0 Å². The van der Waals surface area contributed by atoms with E-state index in [4.69, 9.17) is 10.5 Å². The molecule has 0 saturated carbocycles. The minimum atomic E-state index is 0.0438. The van der Waals surface area contributed by atoms with E-state index < -0.39 is 0 Å². The predicted octanol–water partition coefficient (Wildman–Crippen LogP) is 2.95. The summed E-state index contributed by atoms with van der Waals surface area (Å²) in [5.41, 5.74) is 7.65.